The molecule has 0 bridgehead atoms. The van der Waals surface area contributed by atoms with Gasteiger partial charge in [-0.1, -0.05) is 17.9 Å². The van der Waals surface area contributed by atoms with Crippen molar-refractivity contribution in [2.24, 2.45) is 0 Å². The quantitative estimate of drug-likeness (QED) is 0.464. The molecule has 0 radical (unpaired) electrons. The topological polar surface area (TPSA) is 60.4 Å². The first-order valence-corrected chi connectivity index (χ1v) is 7.00. The van der Waals surface area contributed by atoms with Crippen LogP contribution in [0.4, 0.5) is 0 Å². The number of benzene rings is 1. The van der Waals surface area contributed by atoms with Gasteiger partial charge in [0.15, 0.2) is 0 Å². The van der Waals surface area contributed by atoms with Crippen molar-refractivity contribution in [1.29, 1.82) is 0 Å². The molecule has 0 heterocycles. The summed E-state index contributed by atoms with van der Waals surface area (Å²) in [7, 11) is 2.66. The Kier molecular flexibility index (Phi) is 4.55. The minimum Gasteiger partial charge on any atom is -0.465 e. The molecule has 1 aromatic carbocycles. The van der Waals surface area contributed by atoms with Gasteiger partial charge in [-0.3, -0.25) is 0 Å². The summed E-state index contributed by atoms with van der Waals surface area (Å²) in [6.45, 7) is 0. The second-order valence-corrected chi connectivity index (χ2v) is 5.83. The molecule has 90 valence electrons. The molecule has 0 aromatic heterocycles. The number of carbonyl (C=O) groups is 1. The van der Waals surface area contributed by atoms with Crippen molar-refractivity contribution in [3.63, 3.8) is 0 Å². The van der Waals surface area contributed by atoms with E-state index in [0.717, 1.165) is 0 Å². The van der Waals surface area contributed by atoms with Gasteiger partial charge in [0.1, 0.15) is 5.75 Å². The van der Waals surface area contributed by atoms with Crippen molar-refractivity contribution in [2.45, 2.75) is 0 Å². The van der Waals surface area contributed by atoms with E-state index in [1.807, 2.05) is 0 Å². The lowest BCUT2D eigenvalue weighted by Gasteiger charge is -1.98. The highest BCUT2D eigenvalue weighted by molar-refractivity contribution is 8.13. The van der Waals surface area contributed by atoms with Crippen molar-refractivity contribution in [3.8, 4) is 11.8 Å². The zero-order valence-electron chi connectivity index (χ0n) is 8.94. The van der Waals surface area contributed by atoms with Crippen LogP contribution in [0.15, 0.2) is 24.3 Å². The molecule has 0 aliphatic carbocycles. The van der Waals surface area contributed by atoms with Crippen LogP contribution in [0.25, 0.3) is 0 Å². The maximum atomic E-state index is 11.2. The van der Waals surface area contributed by atoms with E-state index in [4.69, 9.17) is 10.7 Å². The van der Waals surface area contributed by atoms with E-state index in [2.05, 4.69) is 16.6 Å². The first kappa shape index (κ1) is 13.6. The normalized spacial score (nSPS) is 10.2. The van der Waals surface area contributed by atoms with Crippen molar-refractivity contribution in [3.05, 3.63) is 35.4 Å². The number of methoxy groups -OCH3 is 1. The van der Waals surface area contributed by atoms with Crippen molar-refractivity contribution < 1.29 is 17.9 Å². The zero-order chi connectivity index (χ0) is 12.9. The maximum Gasteiger partial charge on any atom is 0.337 e. The van der Waals surface area contributed by atoms with Gasteiger partial charge in [-0.25, -0.2) is 13.2 Å². The lowest BCUT2D eigenvalue weighted by atomic mass is 10.1. The molecule has 0 spiro atoms. The number of hydrogen-bond donors (Lipinski definition) is 0. The van der Waals surface area contributed by atoms with Gasteiger partial charge >= 0.3 is 5.97 Å². The van der Waals surface area contributed by atoms with E-state index in [-0.39, 0.29) is 0 Å². The average molecular weight is 273 g/mol. The molecule has 0 aliphatic heterocycles. The van der Waals surface area contributed by atoms with E-state index in [1.54, 1.807) is 18.2 Å². The Bertz CT molecular complexity index is 581. The number of carbonyl (C=O) groups excluding carboxylic acids is 1. The molecule has 0 atom stereocenters. The van der Waals surface area contributed by atoms with Crippen LogP contribution in [0.1, 0.15) is 15.9 Å². The van der Waals surface area contributed by atoms with Crippen LogP contribution in [0, 0.1) is 11.8 Å². The lowest BCUT2D eigenvalue weighted by molar-refractivity contribution is 0.0600. The summed E-state index contributed by atoms with van der Waals surface area (Å²) < 4.78 is 25.8. The van der Waals surface area contributed by atoms with Gasteiger partial charge < -0.3 is 4.74 Å². The SMILES string of the molecule is COC(=O)c1cccc(C#CCS(=O)(=O)Cl)c1. The summed E-state index contributed by atoms with van der Waals surface area (Å²) in [5, 5.41) is 0. The number of esters is 1. The molecule has 1 rings (SSSR count). The van der Waals surface area contributed by atoms with Gasteiger partial charge in [0.2, 0.25) is 9.05 Å². The molecule has 0 amide bonds. The van der Waals surface area contributed by atoms with Crippen LogP contribution in [0.2, 0.25) is 0 Å². The van der Waals surface area contributed by atoms with Crippen LogP contribution in [-0.4, -0.2) is 27.2 Å². The van der Waals surface area contributed by atoms with E-state index in [9.17, 15) is 13.2 Å². The van der Waals surface area contributed by atoms with Crippen molar-refractivity contribution in [1.82, 2.24) is 0 Å². The number of halogens is 1. The molecular formula is C11H9ClO4S. The van der Waals surface area contributed by atoms with Gasteiger partial charge in [-0.2, -0.15) is 0 Å². The predicted octanol–water partition coefficient (Wildman–Crippen LogP) is 1.39. The molecule has 6 heteroatoms. The highest BCUT2D eigenvalue weighted by Crippen LogP contribution is 2.05. The molecule has 0 saturated heterocycles. The van der Waals surface area contributed by atoms with Gasteiger partial charge in [-0.15, -0.1) is 0 Å². The van der Waals surface area contributed by atoms with Crippen LogP contribution >= 0.6 is 10.7 Å². The van der Waals surface area contributed by atoms with E-state index in [0.29, 0.717) is 11.1 Å². The fourth-order valence-electron chi connectivity index (χ4n) is 1.07. The number of rotatable bonds is 2. The molecule has 0 unspecified atom stereocenters. The van der Waals surface area contributed by atoms with Crippen LogP contribution in [-0.2, 0) is 13.8 Å². The maximum absolute atomic E-state index is 11.2. The first-order chi connectivity index (χ1) is 7.92. The Balaban J connectivity index is 2.90. The largest absolute Gasteiger partial charge is 0.465 e. The Morgan fingerprint density at radius 2 is 2.18 bits per heavy atom. The Labute approximate surface area is 104 Å². The summed E-state index contributed by atoms with van der Waals surface area (Å²) in [5.41, 5.74) is 0.876. The molecule has 0 saturated carbocycles. The molecule has 17 heavy (non-hydrogen) atoms. The van der Waals surface area contributed by atoms with Gasteiger partial charge in [0.05, 0.1) is 12.7 Å². The average Bonchev–Trinajstić information content (AvgIpc) is 2.27. The molecule has 4 nitrogen and oxygen atoms in total. The van der Waals surface area contributed by atoms with Gasteiger partial charge in [0.25, 0.3) is 0 Å². The second kappa shape index (κ2) is 5.71. The van der Waals surface area contributed by atoms with Crippen LogP contribution < -0.4 is 0 Å². The van der Waals surface area contributed by atoms with Crippen molar-refractivity contribution in [2.75, 3.05) is 12.9 Å². The zero-order valence-corrected chi connectivity index (χ0v) is 10.5. The minimum absolute atomic E-state index is 0.355. The number of hydrogen-bond acceptors (Lipinski definition) is 4. The predicted molar refractivity (Wildman–Crippen MR) is 64.3 cm³/mol. The summed E-state index contributed by atoms with van der Waals surface area (Å²) in [6.07, 6.45) is 0. The number of ether oxygens (including phenoxy) is 1. The highest BCUT2D eigenvalue weighted by Gasteiger charge is 2.04. The third-order valence-corrected chi connectivity index (χ3v) is 2.58. The molecule has 0 aliphatic rings. The summed E-state index contributed by atoms with van der Waals surface area (Å²) >= 11 is 0. The van der Waals surface area contributed by atoms with Crippen LogP contribution in [0.5, 0.6) is 0 Å². The third kappa shape index (κ3) is 4.89. The first-order valence-electron chi connectivity index (χ1n) is 4.52. The van der Waals surface area contributed by atoms with Crippen molar-refractivity contribution >= 4 is 25.7 Å². The fraction of sp³-hybridized carbons (Fsp3) is 0.182. The highest BCUT2D eigenvalue weighted by atomic mass is 35.7. The fourth-order valence-corrected chi connectivity index (χ4v) is 1.47. The van der Waals surface area contributed by atoms with Gasteiger partial charge in [-0.05, 0) is 18.2 Å². The third-order valence-electron chi connectivity index (χ3n) is 1.76. The Morgan fingerprint density at radius 3 is 2.76 bits per heavy atom. The van der Waals surface area contributed by atoms with Crippen LogP contribution in [0.3, 0.4) is 0 Å². The monoisotopic (exact) mass is 272 g/mol. The van der Waals surface area contributed by atoms with E-state index >= 15 is 0 Å². The van der Waals surface area contributed by atoms with E-state index < -0.39 is 20.8 Å². The summed E-state index contributed by atoms with van der Waals surface area (Å²) in [6, 6.07) is 6.38. The Hall–Kier alpha value is -1.51. The second-order valence-electron chi connectivity index (χ2n) is 3.06. The molecule has 0 fully saturated rings. The minimum atomic E-state index is -3.62. The molecule has 1 aromatic rings. The Morgan fingerprint density at radius 1 is 1.47 bits per heavy atom. The summed E-state index contributed by atoms with van der Waals surface area (Å²) in [4.78, 5) is 11.2. The van der Waals surface area contributed by atoms with E-state index in [1.165, 1.54) is 13.2 Å². The summed E-state index contributed by atoms with van der Waals surface area (Å²) in [5.74, 6) is 4.10. The van der Waals surface area contributed by atoms with Gasteiger partial charge in [0, 0.05) is 16.2 Å². The smallest absolute Gasteiger partial charge is 0.337 e. The standard InChI is InChI=1S/C11H9ClO4S/c1-16-11(13)10-6-2-4-9(8-10)5-3-7-17(12,14)15/h2,4,6,8H,7H2,1H3. The lowest BCUT2D eigenvalue weighted by Crippen LogP contribution is -2.00. The molecular weight excluding hydrogens is 264 g/mol. The molecule has 0 N–H and O–H groups in total.